The lowest BCUT2D eigenvalue weighted by Crippen LogP contribution is -2.47. The molecule has 0 saturated carbocycles. The Kier molecular flexibility index (Phi) is 5.96. The highest BCUT2D eigenvalue weighted by molar-refractivity contribution is 5.85. The summed E-state index contributed by atoms with van der Waals surface area (Å²) < 4.78 is 2.02. The van der Waals surface area contributed by atoms with Crippen LogP contribution in [0.15, 0.2) is 24.4 Å². The molecule has 0 aliphatic carbocycles. The molecule has 7 heteroatoms. The van der Waals surface area contributed by atoms with Crippen molar-refractivity contribution in [1.82, 2.24) is 19.5 Å². The maximum atomic E-state index is 12.4. The van der Waals surface area contributed by atoms with E-state index < -0.39 is 0 Å². The van der Waals surface area contributed by atoms with Crippen LogP contribution in [0, 0.1) is 0 Å². The number of hydrogen-bond acceptors (Lipinski definition) is 4. The highest BCUT2D eigenvalue weighted by Gasteiger charge is 2.29. The number of nitrogens with zero attached hydrogens (tertiary/aromatic N) is 4. The minimum Gasteiger partial charge on any atom is -0.341 e. The van der Waals surface area contributed by atoms with Gasteiger partial charge < -0.3 is 10.6 Å². The SMILES string of the molecule is CCCC(N)C(=O)N1CCCC(c2nnc3ccccn23)C1.Cl. The third kappa shape index (κ3) is 3.64. The molecule has 2 aromatic rings. The van der Waals surface area contributed by atoms with Crippen molar-refractivity contribution in [3.05, 3.63) is 30.2 Å². The molecule has 2 N–H and O–H groups in total. The average Bonchev–Trinajstić information content (AvgIpc) is 2.98. The van der Waals surface area contributed by atoms with Gasteiger partial charge in [-0.3, -0.25) is 9.20 Å². The van der Waals surface area contributed by atoms with Crippen LogP contribution in [0.5, 0.6) is 0 Å². The zero-order valence-corrected chi connectivity index (χ0v) is 14.2. The first-order chi connectivity index (χ1) is 10.7. The van der Waals surface area contributed by atoms with Gasteiger partial charge in [0, 0.05) is 25.2 Å². The van der Waals surface area contributed by atoms with Crippen molar-refractivity contribution < 1.29 is 4.79 Å². The number of pyridine rings is 1. The Morgan fingerprint density at radius 3 is 3.04 bits per heavy atom. The van der Waals surface area contributed by atoms with Gasteiger partial charge in [0.1, 0.15) is 5.82 Å². The minimum atomic E-state index is -0.376. The molecule has 0 bridgehead atoms. The summed E-state index contributed by atoms with van der Waals surface area (Å²) in [5.41, 5.74) is 6.84. The largest absolute Gasteiger partial charge is 0.341 e. The van der Waals surface area contributed by atoms with Crippen molar-refractivity contribution in [3.63, 3.8) is 0 Å². The Morgan fingerprint density at radius 2 is 2.26 bits per heavy atom. The number of likely N-dealkylation sites (tertiary alicyclic amines) is 1. The zero-order valence-electron chi connectivity index (χ0n) is 13.4. The number of halogens is 1. The second kappa shape index (κ2) is 7.75. The van der Waals surface area contributed by atoms with E-state index in [0.29, 0.717) is 6.54 Å². The van der Waals surface area contributed by atoms with E-state index >= 15 is 0 Å². The van der Waals surface area contributed by atoms with Crippen LogP contribution in [0.3, 0.4) is 0 Å². The summed E-state index contributed by atoms with van der Waals surface area (Å²) in [5.74, 6) is 1.24. The van der Waals surface area contributed by atoms with Gasteiger partial charge in [-0.2, -0.15) is 0 Å². The second-order valence-corrected chi connectivity index (χ2v) is 6.01. The van der Waals surface area contributed by atoms with Crippen LogP contribution < -0.4 is 5.73 Å². The lowest BCUT2D eigenvalue weighted by Gasteiger charge is -2.33. The van der Waals surface area contributed by atoms with Crippen LogP contribution in [0.1, 0.15) is 44.3 Å². The minimum absolute atomic E-state index is 0. The fourth-order valence-corrected chi connectivity index (χ4v) is 3.20. The smallest absolute Gasteiger partial charge is 0.239 e. The van der Waals surface area contributed by atoms with Gasteiger partial charge in [0.05, 0.1) is 6.04 Å². The monoisotopic (exact) mass is 337 g/mol. The molecule has 1 aliphatic heterocycles. The van der Waals surface area contributed by atoms with Crippen LogP contribution in [0.2, 0.25) is 0 Å². The van der Waals surface area contributed by atoms with Crippen LogP contribution in [-0.2, 0) is 4.79 Å². The van der Waals surface area contributed by atoms with E-state index in [0.717, 1.165) is 43.7 Å². The molecule has 23 heavy (non-hydrogen) atoms. The normalized spacial score (nSPS) is 19.4. The maximum absolute atomic E-state index is 12.4. The van der Waals surface area contributed by atoms with Crippen molar-refractivity contribution >= 4 is 24.0 Å². The van der Waals surface area contributed by atoms with Crippen LogP contribution in [-0.4, -0.2) is 44.5 Å². The van der Waals surface area contributed by atoms with E-state index in [1.165, 1.54) is 0 Å². The summed E-state index contributed by atoms with van der Waals surface area (Å²) in [4.78, 5) is 14.3. The van der Waals surface area contributed by atoms with Crippen molar-refractivity contribution in [2.75, 3.05) is 13.1 Å². The number of amides is 1. The molecule has 1 saturated heterocycles. The molecule has 2 aromatic heterocycles. The summed E-state index contributed by atoms with van der Waals surface area (Å²) in [6, 6.07) is 5.50. The van der Waals surface area contributed by atoms with E-state index in [1.54, 1.807) is 0 Å². The first-order valence-corrected chi connectivity index (χ1v) is 8.04. The number of piperidine rings is 1. The first-order valence-electron chi connectivity index (χ1n) is 8.04. The van der Waals surface area contributed by atoms with Crippen molar-refractivity contribution in [2.24, 2.45) is 5.73 Å². The number of aromatic nitrogens is 3. The van der Waals surface area contributed by atoms with Crippen molar-refractivity contribution in [1.29, 1.82) is 0 Å². The Hall–Kier alpha value is -1.66. The van der Waals surface area contributed by atoms with Gasteiger partial charge >= 0.3 is 0 Å². The molecule has 0 spiro atoms. The molecule has 126 valence electrons. The van der Waals surface area contributed by atoms with Gasteiger partial charge in [-0.25, -0.2) is 0 Å². The second-order valence-electron chi connectivity index (χ2n) is 6.01. The molecule has 6 nitrogen and oxygen atoms in total. The molecule has 0 aromatic carbocycles. The molecule has 1 aliphatic rings. The molecule has 3 rings (SSSR count). The summed E-state index contributed by atoms with van der Waals surface area (Å²) >= 11 is 0. The number of hydrogen-bond donors (Lipinski definition) is 1. The van der Waals surface area contributed by atoms with Gasteiger partial charge in [-0.15, -0.1) is 22.6 Å². The Balaban J connectivity index is 0.00000192. The quantitative estimate of drug-likeness (QED) is 0.925. The van der Waals surface area contributed by atoms with Crippen LogP contribution in [0.4, 0.5) is 0 Å². The summed E-state index contributed by atoms with van der Waals surface area (Å²) in [5, 5.41) is 8.55. The Labute approximate surface area is 142 Å². The molecular formula is C16H24ClN5O. The standard InChI is InChI=1S/C16H23N5O.ClH/c1-2-6-13(17)16(22)20-9-5-7-12(11-20)15-19-18-14-8-3-4-10-21(14)15;/h3-4,8,10,12-13H,2,5-7,9,11,17H2,1H3;1H. The Morgan fingerprint density at radius 1 is 1.43 bits per heavy atom. The van der Waals surface area contributed by atoms with E-state index in [1.807, 2.05) is 33.7 Å². The van der Waals surface area contributed by atoms with Gasteiger partial charge in [0.15, 0.2) is 5.65 Å². The number of carbonyl (C=O) groups excluding carboxylic acids is 1. The lowest BCUT2D eigenvalue weighted by molar-refractivity contribution is -0.134. The third-order valence-electron chi connectivity index (χ3n) is 4.36. The molecule has 1 amide bonds. The van der Waals surface area contributed by atoms with Gasteiger partial charge in [-0.05, 0) is 31.4 Å². The van der Waals surface area contributed by atoms with E-state index in [-0.39, 0.29) is 30.3 Å². The number of carbonyl (C=O) groups is 1. The van der Waals surface area contributed by atoms with Crippen molar-refractivity contribution in [2.45, 2.75) is 44.6 Å². The summed E-state index contributed by atoms with van der Waals surface area (Å²) in [7, 11) is 0. The first kappa shape index (κ1) is 17.7. The molecular weight excluding hydrogens is 314 g/mol. The number of nitrogens with two attached hydrogens (primary N) is 1. The highest BCUT2D eigenvalue weighted by Crippen LogP contribution is 2.26. The molecule has 2 unspecified atom stereocenters. The van der Waals surface area contributed by atoms with E-state index in [2.05, 4.69) is 17.1 Å². The van der Waals surface area contributed by atoms with Crippen LogP contribution in [0.25, 0.3) is 5.65 Å². The molecule has 3 heterocycles. The number of rotatable bonds is 4. The topological polar surface area (TPSA) is 76.5 Å². The van der Waals surface area contributed by atoms with Gasteiger partial charge in [0.2, 0.25) is 5.91 Å². The van der Waals surface area contributed by atoms with Crippen molar-refractivity contribution in [3.8, 4) is 0 Å². The number of fused-ring (bicyclic) bond motifs is 1. The van der Waals surface area contributed by atoms with Gasteiger partial charge in [0.25, 0.3) is 0 Å². The fraction of sp³-hybridized carbons (Fsp3) is 0.562. The third-order valence-corrected chi connectivity index (χ3v) is 4.36. The maximum Gasteiger partial charge on any atom is 0.239 e. The summed E-state index contributed by atoms with van der Waals surface area (Å²) in [6.45, 7) is 3.53. The molecule has 0 radical (unpaired) electrons. The highest BCUT2D eigenvalue weighted by atomic mass is 35.5. The average molecular weight is 338 g/mol. The van der Waals surface area contributed by atoms with Crippen LogP contribution >= 0.6 is 12.4 Å². The van der Waals surface area contributed by atoms with E-state index in [4.69, 9.17) is 5.73 Å². The predicted octanol–water partition coefficient (Wildman–Crippen LogP) is 1.98. The zero-order chi connectivity index (χ0) is 15.5. The predicted molar refractivity (Wildman–Crippen MR) is 91.7 cm³/mol. The Bertz CT molecular complexity index is 659. The van der Waals surface area contributed by atoms with E-state index in [9.17, 15) is 4.79 Å². The lowest BCUT2D eigenvalue weighted by atomic mass is 9.96. The fourth-order valence-electron chi connectivity index (χ4n) is 3.20. The molecule has 1 fully saturated rings. The van der Waals surface area contributed by atoms with Gasteiger partial charge in [-0.1, -0.05) is 19.4 Å². The molecule has 2 atom stereocenters. The summed E-state index contributed by atoms with van der Waals surface area (Å²) in [6.07, 6.45) is 5.67.